The van der Waals surface area contributed by atoms with Crippen LogP contribution in [0.2, 0.25) is 0 Å². The third-order valence-corrected chi connectivity index (χ3v) is 2.77. The molecule has 2 aromatic rings. The van der Waals surface area contributed by atoms with Crippen LogP contribution in [0, 0.1) is 13.8 Å². The first kappa shape index (κ1) is 10.9. The third-order valence-electron chi connectivity index (χ3n) is 2.77. The van der Waals surface area contributed by atoms with Crippen LogP contribution in [0.1, 0.15) is 16.7 Å². The van der Waals surface area contributed by atoms with Gasteiger partial charge in [-0.15, -0.1) is 0 Å². The van der Waals surface area contributed by atoms with Gasteiger partial charge in [-0.1, -0.05) is 53.6 Å². The maximum Gasteiger partial charge on any atom is 0.115 e. The number of hydrogen-bond donors (Lipinski definition) is 0. The molecule has 0 bridgehead atoms. The van der Waals surface area contributed by atoms with Gasteiger partial charge in [0.15, 0.2) is 0 Å². The molecular formula is C15H15F. The zero-order chi connectivity index (χ0) is 11.5. The molecule has 0 nitrogen and oxygen atoms in total. The standard InChI is InChI=1S/C15H15F/c1-11-3-6-13(7-4-11)15-8-5-12(2)9-14(15)10-16/h3-9H,10H2,1-2H3. The van der Waals surface area contributed by atoms with Crippen LogP contribution in [0.25, 0.3) is 11.1 Å². The van der Waals surface area contributed by atoms with E-state index in [1.165, 1.54) is 5.56 Å². The molecule has 0 radical (unpaired) electrons. The highest BCUT2D eigenvalue weighted by molar-refractivity contribution is 5.68. The fourth-order valence-electron chi connectivity index (χ4n) is 1.85. The normalized spacial score (nSPS) is 10.4. The van der Waals surface area contributed by atoms with Gasteiger partial charge < -0.3 is 0 Å². The summed E-state index contributed by atoms with van der Waals surface area (Å²) >= 11 is 0. The molecule has 0 aliphatic heterocycles. The first-order valence-electron chi connectivity index (χ1n) is 5.43. The zero-order valence-corrected chi connectivity index (χ0v) is 9.63. The van der Waals surface area contributed by atoms with Crippen LogP contribution in [-0.4, -0.2) is 0 Å². The van der Waals surface area contributed by atoms with Crippen LogP contribution in [-0.2, 0) is 6.67 Å². The lowest BCUT2D eigenvalue weighted by Gasteiger charge is -2.08. The van der Waals surface area contributed by atoms with E-state index >= 15 is 0 Å². The van der Waals surface area contributed by atoms with E-state index in [1.54, 1.807) is 0 Å². The molecule has 2 rings (SSSR count). The fourth-order valence-corrected chi connectivity index (χ4v) is 1.85. The van der Waals surface area contributed by atoms with E-state index in [0.29, 0.717) is 0 Å². The second kappa shape index (κ2) is 4.48. The van der Waals surface area contributed by atoms with Gasteiger partial charge in [-0.05, 0) is 30.5 Å². The van der Waals surface area contributed by atoms with Crippen molar-refractivity contribution in [3.05, 3.63) is 59.2 Å². The van der Waals surface area contributed by atoms with E-state index in [2.05, 4.69) is 19.1 Å². The van der Waals surface area contributed by atoms with E-state index in [4.69, 9.17) is 0 Å². The zero-order valence-electron chi connectivity index (χ0n) is 9.63. The monoisotopic (exact) mass is 214 g/mol. The number of halogens is 1. The Morgan fingerprint density at radius 2 is 1.50 bits per heavy atom. The van der Waals surface area contributed by atoms with Crippen LogP contribution < -0.4 is 0 Å². The highest BCUT2D eigenvalue weighted by Gasteiger charge is 2.04. The minimum absolute atomic E-state index is 0.412. The molecule has 0 aliphatic rings. The van der Waals surface area contributed by atoms with Crippen LogP contribution >= 0.6 is 0 Å². The Hall–Kier alpha value is -1.63. The summed E-state index contributed by atoms with van der Waals surface area (Å²) in [6.45, 7) is 3.62. The molecule has 0 fully saturated rings. The summed E-state index contributed by atoms with van der Waals surface area (Å²) in [7, 11) is 0. The topological polar surface area (TPSA) is 0 Å². The van der Waals surface area contributed by atoms with Gasteiger partial charge in [0.1, 0.15) is 6.67 Å². The number of aryl methyl sites for hydroxylation is 2. The third kappa shape index (κ3) is 2.13. The van der Waals surface area contributed by atoms with Crippen molar-refractivity contribution in [3.8, 4) is 11.1 Å². The molecule has 2 aromatic carbocycles. The summed E-state index contributed by atoms with van der Waals surface area (Å²) in [6, 6.07) is 14.1. The Morgan fingerprint density at radius 3 is 2.12 bits per heavy atom. The molecule has 0 amide bonds. The lowest BCUT2D eigenvalue weighted by Crippen LogP contribution is -1.88. The van der Waals surface area contributed by atoms with Crippen LogP contribution in [0.3, 0.4) is 0 Å². The van der Waals surface area contributed by atoms with Crippen molar-refractivity contribution < 1.29 is 4.39 Å². The lowest BCUT2D eigenvalue weighted by atomic mass is 9.98. The molecule has 82 valence electrons. The van der Waals surface area contributed by atoms with Gasteiger partial charge >= 0.3 is 0 Å². The average molecular weight is 214 g/mol. The van der Waals surface area contributed by atoms with E-state index in [0.717, 1.165) is 22.3 Å². The van der Waals surface area contributed by atoms with Gasteiger partial charge in [0.25, 0.3) is 0 Å². The minimum atomic E-state index is -0.412. The maximum atomic E-state index is 12.9. The van der Waals surface area contributed by atoms with Crippen LogP contribution in [0.5, 0.6) is 0 Å². The van der Waals surface area contributed by atoms with Crippen molar-refractivity contribution in [2.24, 2.45) is 0 Å². The first-order valence-corrected chi connectivity index (χ1v) is 5.43. The summed E-state index contributed by atoms with van der Waals surface area (Å²) in [4.78, 5) is 0. The highest BCUT2D eigenvalue weighted by Crippen LogP contribution is 2.25. The van der Waals surface area contributed by atoms with Crippen molar-refractivity contribution in [3.63, 3.8) is 0 Å². The van der Waals surface area contributed by atoms with Crippen molar-refractivity contribution >= 4 is 0 Å². The van der Waals surface area contributed by atoms with E-state index in [-0.39, 0.29) is 0 Å². The van der Waals surface area contributed by atoms with Crippen molar-refractivity contribution in [2.45, 2.75) is 20.5 Å². The predicted octanol–water partition coefficient (Wildman–Crippen LogP) is 4.44. The maximum absolute atomic E-state index is 12.9. The molecule has 0 unspecified atom stereocenters. The Labute approximate surface area is 95.7 Å². The number of hydrogen-bond acceptors (Lipinski definition) is 0. The summed E-state index contributed by atoms with van der Waals surface area (Å²) < 4.78 is 12.9. The molecule has 0 aromatic heterocycles. The predicted molar refractivity (Wildman–Crippen MR) is 66.2 cm³/mol. The molecule has 0 atom stereocenters. The van der Waals surface area contributed by atoms with Gasteiger partial charge in [0, 0.05) is 0 Å². The van der Waals surface area contributed by atoms with Gasteiger partial charge in [-0.3, -0.25) is 0 Å². The SMILES string of the molecule is Cc1ccc(-c2ccc(C)cc2CF)cc1. The Bertz CT molecular complexity index is 483. The van der Waals surface area contributed by atoms with Gasteiger partial charge in [-0.2, -0.15) is 0 Å². The summed E-state index contributed by atoms with van der Waals surface area (Å²) in [5, 5.41) is 0. The van der Waals surface area contributed by atoms with Gasteiger partial charge in [-0.25, -0.2) is 4.39 Å². The second-order valence-corrected chi connectivity index (χ2v) is 4.16. The molecule has 0 N–H and O–H groups in total. The molecule has 16 heavy (non-hydrogen) atoms. The molecule has 0 saturated carbocycles. The van der Waals surface area contributed by atoms with Gasteiger partial charge in [0.05, 0.1) is 0 Å². The first-order chi connectivity index (χ1) is 7.70. The number of benzene rings is 2. The quantitative estimate of drug-likeness (QED) is 0.693. The molecule has 0 spiro atoms. The van der Waals surface area contributed by atoms with Crippen LogP contribution in [0.4, 0.5) is 4.39 Å². The Kier molecular flexibility index (Phi) is 3.04. The van der Waals surface area contributed by atoms with E-state index in [1.807, 2.05) is 37.3 Å². The van der Waals surface area contributed by atoms with Crippen molar-refractivity contribution in [2.75, 3.05) is 0 Å². The molecule has 0 aliphatic carbocycles. The smallest absolute Gasteiger partial charge is 0.115 e. The summed E-state index contributed by atoms with van der Waals surface area (Å²) in [5.41, 5.74) is 5.16. The molecule has 0 saturated heterocycles. The molecule has 1 heteroatoms. The fraction of sp³-hybridized carbons (Fsp3) is 0.200. The van der Waals surface area contributed by atoms with E-state index in [9.17, 15) is 4.39 Å². The average Bonchev–Trinajstić information content (AvgIpc) is 2.30. The summed E-state index contributed by atoms with van der Waals surface area (Å²) in [5.74, 6) is 0. The lowest BCUT2D eigenvalue weighted by molar-refractivity contribution is 0.486. The molecular weight excluding hydrogens is 199 g/mol. The molecule has 0 heterocycles. The highest BCUT2D eigenvalue weighted by atomic mass is 19.1. The Morgan fingerprint density at radius 1 is 0.875 bits per heavy atom. The Balaban J connectivity index is 2.51. The number of alkyl halides is 1. The summed E-state index contributed by atoms with van der Waals surface area (Å²) in [6.07, 6.45) is 0. The largest absolute Gasteiger partial charge is 0.246 e. The number of rotatable bonds is 2. The second-order valence-electron chi connectivity index (χ2n) is 4.16. The van der Waals surface area contributed by atoms with Crippen molar-refractivity contribution in [1.29, 1.82) is 0 Å². The van der Waals surface area contributed by atoms with Gasteiger partial charge in [0.2, 0.25) is 0 Å². The minimum Gasteiger partial charge on any atom is -0.246 e. The van der Waals surface area contributed by atoms with E-state index < -0.39 is 6.67 Å². The van der Waals surface area contributed by atoms with Crippen molar-refractivity contribution in [1.82, 2.24) is 0 Å². The van der Waals surface area contributed by atoms with Crippen LogP contribution in [0.15, 0.2) is 42.5 Å².